The number of fused-ring (bicyclic) bond motifs is 1. The number of hydrogen-bond acceptors (Lipinski definition) is 3. The molecular weight excluding hydrogens is 250 g/mol. The summed E-state index contributed by atoms with van der Waals surface area (Å²) in [6.45, 7) is 4.59. The van der Waals surface area contributed by atoms with Crippen molar-refractivity contribution in [2.75, 3.05) is 24.5 Å². The zero-order valence-corrected chi connectivity index (χ0v) is 12.1. The van der Waals surface area contributed by atoms with Crippen LogP contribution in [0.5, 0.6) is 0 Å². The van der Waals surface area contributed by atoms with Gasteiger partial charge in [-0.25, -0.2) is 0 Å². The summed E-state index contributed by atoms with van der Waals surface area (Å²) < 4.78 is 0. The lowest BCUT2D eigenvalue weighted by Crippen LogP contribution is -2.53. The van der Waals surface area contributed by atoms with Gasteiger partial charge in [0.2, 0.25) is 5.91 Å². The van der Waals surface area contributed by atoms with Crippen molar-refractivity contribution in [3.05, 3.63) is 29.8 Å². The maximum Gasteiger partial charge on any atom is 0.244 e. The van der Waals surface area contributed by atoms with E-state index in [9.17, 15) is 4.79 Å². The van der Waals surface area contributed by atoms with E-state index in [2.05, 4.69) is 17.0 Å². The van der Waals surface area contributed by atoms with Crippen LogP contribution in [0, 0.1) is 0 Å². The topological polar surface area (TPSA) is 49.6 Å². The normalized spacial score (nSPS) is 23.6. The van der Waals surface area contributed by atoms with Crippen molar-refractivity contribution in [3.63, 3.8) is 0 Å². The van der Waals surface area contributed by atoms with E-state index in [-0.39, 0.29) is 18.0 Å². The smallest absolute Gasteiger partial charge is 0.244 e. The van der Waals surface area contributed by atoms with Gasteiger partial charge in [-0.1, -0.05) is 18.2 Å². The van der Waals surface area contributed by atoms with Gasteiger partial charge in [0, 0.05) is 31.4 Å². The maximum absolute atomic E-state index is 12.6. The summed E-state index contributed by atoms with van der Waals surface area (Å²) >= 11 is 0. The number of nitrogens with zero attached hydrogens (tertiary/aromatic N) is 2. The number of anilines is 1. The maximum atomic E-state index is 12.6. The first-order valence-electron chi connectivity index (χ1n) is 7.55. The molecule has 2 N–H and O–H groups in total. The molecule has 0 aromatic heterocycles. The van der Waals surface area contributed by atoms with E-state index in [0.29, 0.717) is 0 Å². The zero-order valence-electron chi connectivity index (χ0n) is 12.1. The molecular formula is C16H23N3O. The second-order valence-electron chi connectivity index (χ2n) is 5.95. The first-order valence-corrected chi connectivity index (χ1v) is 7.55. The minimum absolute atomic E-state index is 0.110. The van der Waals surface area contributed by atoms with Crippen molar-refractivity contribution in [2.24, 2.45) is 5.73 Å². The van der Waals surface area contributed by atoms with Crippen LogP contribution in [-0.2, 0) is 11.2 Å². The number of hydrogen-bond donors (Lipinski definition) is 1. The second-order valence-corrected chi connectivity index (χ2v) is 5.95. The number of carbonyl (C=O) groups is 1. The third-order valence-electron chi connectivity index (χ3n) is 4.46. The molecule has 2 heterocycles. The summed E-state index contributed by atoms with van der Waals surface area (Å²) in [5.74, 6) is 0.242. The molecule has 1 amide bonds. The van der Waals surface area contributed by atoms with Crippen LogP contribution >= 0.6 is 0 Å². The van der Waals surface area contributed by atoms with Crippen LogP contribution in [0.4, 0.5) is 5.69 Å². The van der Waals surface area contributed by atoms with Crippen molar-refractivity contribution in [1.29, 1.82) is 0 Å². The monoisotopic (exact) mass is 273 g/mol. The summed E-state index contributed by atoms with van der Waals surface area (Å²) in [5, 5.41) is 0. The third-order valence-corrected chi connectivity index (χ3v) is 4.46. The Morgan fingerprint density at radius 1 is 1.30 bits per heavy atom. The lowest BCUT2D eigenvalue weighted by molar-refractivity contribution is -0.131. The molecule has 2 aliphatic rings. The first-order chi connectivity index (χ1) is 9.66. The molecule has 2 aliphatic heterocycles. The fraction of sp³-hybridized carbons (Fsp3) is 0.562. The molecule has 4 nitrogen and oxygen atoms in total. The van der Waals surface area contributed by atoms with Crippen molar-refractivity contribution in [1.82, 2.24) is 4.90 Å². The average Bonchev–Trinajstić information content (AvgIpc) is 2.99. The molecule has 3 rings (SSSR count). The summed E-state index contributed by atoms with van der Waals surface area (Å²) in [6.07, 6.45) is 3.17. The highest BCUT2D eigenvalue weighted by atomic mass is 16.2. The third kappa shape index (κ3) is 2.40. The standard InChI is InChI=1S/C16H23N3O/c1-12(16(20)18-8-4-5-9-18)19-11-14(17)10-13-6-2-3-7-15(13)19/h2-3,6-7,12,14H,4-5,8-11,17H2,1H3. The average molecular weight is 273 g/mol. The van der Waals surface area contributed by atoms with E-state index < -0.39 is 0 Å². The molecule has 0 aliphatic carbocycles. The molecule has 4 heteroatoms. The molecule has 20 heavy (non-hydrogen) atoms. The van der Waals surface area contributed by atoms with E-state index in [1.165, 1.54) is 11.3 Å². The summed E-state index contributed by atoms with van der Waals surface area (Å²) in [5.41, 5.74) is 8.60. The lowest BCUT2D eigenvalue weighted by Gasteiger charge is -2.39. The number of nitrogens with two attached hydrogens (primary N) is 1. The Balaban J connectivity index is 1.83. The minimum Gasteiger partial charge on any atom is -0.358 e. The molecule has 2 unspecified atom stereocenters. The number of para-hydroxylation sites is 1. The van der Waals surface area contributed by atoms with Crippen LogP contribution in [0.25, 0.3) is 0 Å². The Labute approximate surface area is 120 Å². The first kappa shape index (κ1) is 13.4. The highest BCUT2D eigenvalue weighted by Crippen LogP contribution is 2.28. The quantitative estimate of drug-likeness (QED) is 0.886. The Hall–Kier alpha value is -1.55. The van der Waals surface area contributed by atoms with E-state index in [1.807, 2.05) is 24.0 Å². The van der Waals surface area contributed by atoms with Crippen molar-refractivity contribution >= 4 is 11.6 Å². The fourth-order valence-electron chi connectivity index (χ4n) is 3.36. The molecule has 0 bridgehead atoms. The van der Waals surface area contributed by atoms with Crippen molar-refractivity contribution in [3.8, 4) is 0 Å². The van der Waals surface area contributed by atoms with Crippen molar-refractivity contribution < 1.29 is 4.79 Å². The molecule has 1 saturated heterocycles. The van der Waals surface area contributed by atoms with Gasteiger partial charge in [-0.15, -0.1) is 0 Å². The van der Waals surface area contributed by atoms with Crippen LogP contribution in [0.2, 0.25) is 0 Å². The molecule has 2 atom stereocenters. The molecule has 1 aromatic carbocycles. The molecule has 1 aromatic rings. The van der Waals surface area contributed by atoms with E-state index >= 15 is 0 Å². The van der Waals surface area contributed by atoms with Crippen LogP contribution in [0.3, 0.4) is 0 Å². The van der Waals surface area contributed by atoms with Crippen LogP contribution in [0.15, 0.2) is 24.3 Å². The summed E-state index contributed by atoms with van der Waals surface area (Å²) in [7, 11) is 0. The van der Waals surface area contributed by atoms with E-state index in [4.69, 9.17) is 5.73 Å². The van der Waals surface area contributed by atoms with Gasteiger partial charge in [-0.3, -0.25) is 4.79 Å². The lowest BCUT2D eigenvalue weighted by atomic mass is 9.97. The largest absolute Gasteiger partial charge is 0.358 e. The molecule has 0 saturated carbocycles. The number of likely N-dealkylation sites (tertiary alicyclic amines) is 1. The van der Waals surface area contributed by atoms with Gasteiger partial charge in [0.15, 0.2) is 0 Å². The van der Waals surface area contributed by atoms with Gasteiger partial charge >= 0.3 is 0 Å². The number of carbonyl (C=O) groups excluding carboxylic acids is 1. The predicted molar refractivity (Wildman–Crippen MR) is 80.7 cm³/mol. The minimum atomic E-state index is -0.124. The van der Waals surface area contributed by atoms with Crippen molar-refractivity contribution in [2.45, 2.75) is 38.3 Å². The predicted octanol–water partition coefficient (Wildman–Crippen LogP) is 1.39. The number of amides is 1. The van der Waals surface area contributed by atoms with Gasteiger partial charge in [-0.05, 0) is 37.8 Å². The molecule has 0 spiro atoms. The SMILES string of the molecule is CC(C(=O)N1CCCC1)N1CC(N)Cc2ccccc21. The summed E-state index contributed by atoms with van der Waals surface area (Å²) in [6, 6.07) is 8.29. The van der Waals surface area contributed by atoms with Gasteiger partial charge in [-0.2, -0.15) is 0 Å². The van der Waals surface area contributed by atoms with Crippen LogP contribution in [0.1, 0.15) is 25.3 Å². The fourth-order valence-corrected chi connectivity index (χ4v) is 3.36. The van der Waals surface area contributed by atoms with Gasteiger partial charge in [0.05, 0.1) is 0 Å². The molecule has 0 radical (unpaired) electrons. The highest BCUT2D eigenvalue weighted by molar-refractivity contribution is 5.85. The zero-order chi connectivity index (χ0) is 14.1. The number of benzene rings is 1. The van der Waals surface area contributed by atoms with E-state index in [1.54, 1.807) is 0 Å². The van der Waals surface area contributed by atoms with Crippen LogP contribution < -0.4 is 10.6 Å². The Kier molecular flexibility index (Phi) is 3.66. The Morgan fingerprint density at radius 2 is 2.00 bits per heavy atom. The Bertz CT molecular complexity index is 496. The van der Waals surface area contributed by atoms with E-state index in [0.717, 1.165) is 38.9 Å². The highest BCUT2D eigenvalue weighted by Gasteiger charge is 2.32. The number of rotatable bonds is 2. The molecule has 1 fully saturated rings. The van der Waals surface area contributed by atoms with Gasteiger partial charge < -0.3 is 15.5 Å². The molecule has 108 valence electrons. The second kappa shape index (κ2) is 5.44. The Morgan fingerprint density at radius 3 is 2.75 bits per heavy atom. The summed E-state index contributed by atoms with van der Waals surface area (Å²) in [4.78, 5) is 16.8. The van der Waals surface area contributed by atoms with Gasteiger partial charge in [0.1, 0.15) is 6.04 Å². The van der Waals surface area contributed by atoms with Crippen LogP contribution in [-0.4, -0.2) is 42.5 Å². The van der Waals surface area contributed by atoms with Gasteiger partial charge in [0.25, 0.3) is 0 Å².